The molecule has 0 radical (unpaired) electrons. The van der Waals surface area contributed by atoms with E-state index in [4.69, 9.17) is 11.6 Å². The number of hydrogen-bond acceptors (Lipinski definition) is 5. The van der Waals surface area contributed by atoms with Crippen molar-refractivity contribution in [1.29, 1.82) is 0 Å². The normalized spacial score (nSPS) is 12.1. The first-order chi connectivity index (χ1) is 9.34. The van der Waals surface area contributed by atoms with Crippen molar-refractivity contribution in [2.45, 2.75) is 12.5 Å². The van der Waals surface area contributed by atoms with Gasteiger partial charge in [0.15, 0.2) is 5.69 Å². The first-order valence-electron chi connectivity index (χ1n) is 4.54. The molecule has 1 aromatic rings. The van der Waals surface area contributed by atoms with Gasteiger partial charge in [0.2, 0.25) is 5.75 Å². The van der Waals surface area contributed by atoms with Gasteiger partial charge in [0.25, 0.3) is 5.24 Å². The summed E-state index contributed by atoms with van der Waals surface area (Å²) >= 11 is 4.79. The molecule has 21 heavy (non-hydrogen) atoms. The van der Waals surface area contributed by atoms with E-state index in [1.54, 1.807) is 0 Å². The first-order valence-corrected chi connectivity index (χ1v) is 4.92. The Morgan fingerprint density at radius 3 is 2.14 bits per heavy atom. The zero-order chi connectivity index (χ0) is 16.6. The topological polar surface area (TPSA) is 82.3 Å². The van der Waals surface area contributed by atoms with Gasteiger partial charge in [0, 0.05) is 0 Å². The molecule has 0 aromatic carbocycles. The highest BCUT2D eigenvalue weighted by Gasteiger charge is 2.44. The summed E-state index contributed by atoms with van der Waals surface area (Å²) < 4.78 is 77.0. The summed E-state index contributed by atoms with van der Waals surface area (Å²) in [6.45, 7) is 0. The Balaban J connectivity index is 3.70. The van der Waals surface area contributed by atoms with Gasteiger partial charge in [0.05, 0.1) is 11.1 Å². The third-order valence-corrected chi connectivity index (χ3v) is 2.08. The quantitative estimate of drug-likeness (QED) is 0.365. The van der Waals surface area contributed by atoms with Crippen molar-refractivity contribution in [3.05, 3.63) is 27.6 Å². The molecule has 0 fully saturated rings. The molecule has 0 saturated carbocycles. The molecule has 1 heterocycles. The molecule has 0 atom stereocenters. The van der Waals surface area contributed by atoms with Gasteiger partial charge in [-0.05, 0) is 11.6 Å². The Morgan fingerprint density at radius 1 is 1.29 bits per heavy atom. The number of alkyl halides is 6. The van der Waals surface area contributed by atoms with Gasteiger partial charge in [-0.1, -0.05) is 0 Å². The molecule has 13 heteroatoms. The fraction of sp³-hybridized carbons (Fsp3) is 0.250. The number of ether oxygens (including phenoxy) is 1. The third-order valence-electron chi connectivity index (χ3n) is 1.89. The summed E-state index contributed by atoms with van der Waals surface area (Å²) in [6.07, 6.45) is -11.0. The van der Waals surface area contributed by atoms with Crippen LogP contribution in [0.4, 0.5) is 32.0 Å². The van der Waals surface area contributed by atoms with Crippen LogP contribution in [0.25, 0.3) is 0 Å². The molecular formula is C8HClF6N2O4. The molecule has 0 spiro atoms. The van der Waals surface area contributed by atoms with E-state index in [0.29, 0.717) is 0 Å². The molecule has 0 N–H and O–H groups in total. The van der Waals surface area contributed by atoms with Crippen molar-refractivity contribution in [1.82, 2.24) is 4.98 Å². The number of rotatable bonds is 3. The molecule has 116 valence electrons. The molecule has 0 amide bonds. The van der Waals surface area contributed by atoms with Gasteiger partial charge >= 0.3 is 18.2 Å². The van der Waals surface area contributed by atoms with Gasteiger partial charge in [-0.25, -0.2) is 4.98 Å². The molecule has 0 aliphatic heterocycles. The summed E-state index contributed by atoms with van der Waals surface area (Å²) in [4.78, 5) is 22.5. The van der Waals surface area contributed by atoms with Gasteiger partial charge in [-0.3, -0.25) is 14.9 Å². The summed E-state index contributed by atoms with van der Waals surface area (Å²) in [5.74, 6) is -1.69. The Morgan fingerprint density at radius 2 is 1.81 bits per heavy atom. The molecule has 6 nitrogen and oxygen atoms in total. The highest BCUT2D eigenvalue weighted by molar-refractivity contribution is 6.68. The number of carbonyl (C=O) groups is 1. The lowest BCUT2D eigenvalue weighted by molar-refractivity contribution is -0.389. The van der Waals surface area contributed by atoms with E-state index >= 15 is 0 Å². The average Bonchev–Trinajstić information content (AvgIpc) is 2.23. The molecule has 0 bridgehead atoms. The van der Waals surface area contributed by atoms with Crippen molar-refractivity contribution in [3.8, 4) is 5.75 Å². The van der Waals surface area contributed by atoms with Gasteiger partial charge < -0.3 is 4.74 Å². The second kappa shape index (κ2) is 5.35. The Bertz CT molecular complexity index is 600. The van der Waals surface area contributed by atoms with E-state index in [-0.39, 0.29) is 6.20 Å². The maximum Gasteiger partial charge on any atom is 0.573 e. The minimum Gasteiger partial charge on any atom is -0.397 e. The molecule has 1 aromatic heterocycles. The second-order valence-corrected chi connectivity index (χ2v) is 3.61. The molecule has 1 rings (SSSR count). The second-order valence-electron chi connectivity index (χ2n) is 3.27. The number of pyridine rings is 1. The van der Waals surface area contributed by atoms with Crippen LogP contribution in [0.15, 0.2) is 6.20 Å². The van der Waals surface area contributed by atoms with Crippen LogP contribution < -0.4 is 4.74 Å². The maximum absolute atomic E-state index is 12.6. The summed E-state index contributed by atoms with van der Waals surface area (Å²) in [5, 5.41) is 8.66. The van der Waals surface area contributed by atoms with Crippen molar-refractivity contribution < 1.29 is 40.8 Å². The lowest BCUT2D eigenvalue weighted by Gasteiger charge is -2.13. The monoisotopic (exact) mass is 338 g/mol. The Kier molecular flexibility index (Phi) is 4.32. The van der Waals surface area contributed by atoms with E-state index < -0.39 is 45.4 Å². The van der Waals surface area contributed by atoms with E-state index in [9.17, 15) is 41.3 Å². The van der Waals surface area contributed by atoms with Crippen LogP contribution in [-0.4, -0.2) is 21.5 Å². The lowest BCUT2D eigenvalue weighted by atomic mass is 10.1. The van der Waals surface area contributed by atoms with Crippen molar-refractivity contribution in [2.24, 2.45) is 0 Å². The smallest absolute Gasteiger partial charge is 0.397 e. The van der Waals surface area contributed by atoms with Gasteiger partial charge in [-0.2, -0.15) is 13.2 Å². The molecule has 0 unspecified atom stereocenters. The SMILES string of the molecule is O=C(Cl)c1c(C(F)(F)F)ncc(OC(F)(F)F)c1[N+](=O)[O-]. The standard InChI is InChI=1S/C8HClF6N2O4/c9-6(18)3-4(17(19)20)2(21-8(13,14)15)1-16-5(3)7(10,11)12/h1H. The molecular weight excluding hydrogens is 338 g/mol. The van der Waals surface area contributed by atoms with Gasteiger partial charge in [0.1, 0.15) is 5.56 Å². The van der Waals surface area contributed by atoms with Crippen LogP contribution in [-0.2, 0) is 6.18 Å². The Labute approximate surface area is 115 Å². The van der Waals surface area contributed by atoms with Crippen LogP contribution in [0, 0.1) is 10.1 Å². The van der Waals surface area contributed by atoms with Crippen molar-refractivity contribution in [3.63, 3.8) is 0 Å². The fourth-order valence-electron chi connectivity index (χ4n) is 1.27. The zero-order valence-electron chi connectivity index (χ0n) is 9.25. The van der Waals surface area contributed by atoms with Crippen LogP contribution in [0.3, 0.4) is 0 Å². The van der Waals surface area contributed by atoms with Gasteiger partial charge in [-0.15, -0.1) is 13.2 Å². The number of halogens is 7. The third kappa shape index (κ3) is 3.93. The summed E-state index contributed by atoms with van der Waals surface area (Å²) in [7, 11) is 0. The largest absolute Gasteiger partial charge is 0.573 e. The van der Waals surface area contributed by atoms with E-state index in [0.717, 1.165) is 0 Å². The van der Waals surface area contributed by atoms with Crippen molar-refractivity contribution >= 4 is 22.5 Å². The molecule has 0 aliphatic carbocycles. The molecule has 0 saturated heterocycles. The van der Waals surface area contributed by atoms with Crippen LogP contribution >= 0.6 is 11.6 Å². The predicted molar refractivity (Wildman–Crippen MR) is 52.8 cm³/mol. The summed E-state index contributed by atoms with van der Waals surface area (Å²) in [5.41, 5.74) is -5.81. The average molecular weight is 339 g/mol. The first kappa shape index (κ1) is 16.9. The maximum atomic E-state index is 12.6. The van der Waals surface area contributed by atoms with Crippen LogP contribution in [0.1, 0.15) is 16.1 Å². The lowest BCUT2D eigenvalue weighted by Crippen LogP contribution is -2.21. The Hall–Kier alpha value is -2.11. The van der Waals surface area contributed by atoms with E-state index in [2.05, 4.69) is 9.72 Å². The number of nitro groups is 1. The van der Waals surface area contributed by atoms with E-state index in [1.807, 2.05) is 0 Å². The number of nitrogens with zero attached hydrogens (tertiary/aromatic N) is 2. The fourth-order valence-corrected chi connectivity index (χ4v) is 1.44. The molecule has 0 aliphatic rings. The highest BCUT2D eigenvalue weighted by atomic mass is 35.5. The van der Waals surface area contributed by atoms with Crippen LogP contribution in [0.2, 0.25) is 0 Å². The predicted octanol–water partition coefficient (Wildman–Crippen LogP) is 3.29. The van der Waals surface area contributed by atoms with E-state index in [1.165, 1.54) is 0 Å². The zero-order valence-corrected chi connectivity index (χ0v) is 10.0. The van der Waals surface area contributed by atoms with Crippen LogP contribution in [0.5, 0.6) is 5.75 Å². The van der Waals surface area contributed by atoms with Crippen molar-refractivity contribution in [2.75, 3.05) is 0 Å². The highest BCUT2D eigenvalue weighted by Crippen LogP contribution is 2.41. The summed E-state index contributed by atoms with van der Waals surface area (Å²) in [6, 6.07) is 0. The minimum atomic E-state index is -5.45. The number of hydrogen-bond donors (Lipinski definition) is 0. The number of carbonyl (C=O) groups excluding carboxylic acids is 1. The number of aromatic nitrogens is 1. The minimum absolute atomic E-state index is 0.169.